The molecule has 0 bridgehead atoms. The average Bonchev–Trinajstić information content (AvgIpc) is 2.63. The summed E-state index contributed by atoms with van der Waals surface area (Å²) in [5.74, 6) is -0.393. The van der Waals surface area contributed by atoms with Gasteiger partial charge in [0.25, 0.3) is 0 Å². The fraction of sp³-hybridized carbons (Fsp3) is 0.308. The van der Waals surface area contributed by atoms with Crippen LogP contribution in [-0.2, 0) is 6.54 Å². The third-order valence-electron chi connectivity index (χ3n) is 3.04. The quantitative estimate of drug-likeness (QED) is 0.864. The molecule has 18 heavy (non-hydrogen) atoms. The molecule has 2 aromatic rings. The van der Waals surface area contributed by atoms with Crippen molar-refractivity contribution in [3.8, 4) is 5.75 Å². The number of benzene rings is 1. The first kappa shape index (κ1) is 12.4. The van der Waals surface area contributed by atoms with E-state index in [4.69, 9.17) is 9.84 Å². The molecule has 0 aliphatic heterocycles. The summed E-state index contributed by atoms with van der Waals surface area (Å²) in [4.78, 5) is 11.3. The maximum atomic E-state index is 11.3. The molecular formula is C13H15NO4. The summed E-state index contributed by atoms with van der Waals surface area (Å²) in [5, 5.41) is 19.2. The molecule has 0 spiro atoms. The molecule has 0 fully saturated rings. The maximum Gasteiger partial charge on any atom is 0.352 e. The molecule has 0 unspecified atom stereocenters. The zero-order chi connectivity index (χ0) is 13.3. The molecule has 0 atom stereocenters. The van der Waals surface area contributed by atoms with Gasteiger partial charge in [-0.15, -0.1) is 0 Å². The number of aliphatic hydroxyl groups is 1. The smallest absolute Gasteiger partial charge is 0.352 e. The minimum Gasteiger partial charge on any atom is -0.495 e. The summed E-state index contributed by atoms with van der Waals surface area (Å²) < 4.78 is 6.86. The Balaban J connectivity index is 2.88. The number of hydrogen-bond acceptors (Lipinski definition) is 3. The summed E-state index contributed by atoms with van der Waals surface area (Å²) in [6.45, 7) is 1.87. The number of nitrogens with zero attached hydrogens (tertiary/aromatic N) is 1. The van der Waals surface area contributed by atoms with E-state index in [1.165, 1.54) is 0 Å². The van der Waals surface area contributed by atoms with E-state index in [0.29, 0.717) is 16.8 Å². The van der Waals surface area contributed by atoms with E-state index in [2.05, 4.69) is 0 Å². The number of rotatable bonds is 4. The Bertz CT molecular complexity index is 601. The topological polar surface area (TPSA) is 71.7 Å². The van der Waals surface area contributed by atoms with Crippen molar-refractivity contribution >= 4 is 16.9 Å². The van der Waals surface area contributed by atoms with Gasteiger partial charge in [-0.25, -0.2) is 4.79 Å². The van der Waals surface area contributed by atoms with Crippen LogP contribution in [0.25, 0.3) is 10.9 Å². The molecule has 2 rings (SSSR count). The second kappa shape index (κ2) is 4.70. The van der Waals surface area contributed by atoms with Gasteiger partial charge < -0.3 is 19.5 Å². The highest BCUT2D eigenvalue weighted by Gasteiger charge is 2.21. The van der Waals surface area contributed by atoms with Crippen molar-refractivity contribution in [2.45, 2.75) is 13.5 Å². The number of carboxylic acid groups (broad SMARTS) is 1. The van der Waals surface area contributed by atoms with E-state index >= 15 is 0 Å². The molecule has 0 saturated heterocycles. The molecule has 0 radical (unpaired) electrons. The van der Waals surface area contributed by atoms with Crippen LogP contribution in [0.2, 0.25) is 0 Å². The minimum atomic E-state index is -1.00. The van der Waals surface area contributed by atoms with E-state index in [-0.39, 0.29) is 18.8 Å². The summed E-state index contributed by atoms with van der Waals surface area (Å²) in [6, 6.07) is 5.46. The third kappa shape index (κ3) is 1.73. The molecule has 0 amide bonds. The zero-order valence-corrected chi connectivity index (χ0v) is 10.3. The van der Waals surface area contributed by atoms with Gasteiger partial charge in [-0.3, -0.25) is 0 Å². The number of aromatic carboxylic acids is 1. The molecule has 1 heterocycles. The van der Waals surface area contributed by atoms with Crippen LogP contribution in [0.1, 0.15) is 16.1 Å². The molecule has 0 saturated carbocycles. The van der Waals surface area contributed by atoms with Gasteiger partial charge in [0.1, 0.15) is 11.4 Å². The minimum absolute atomic E-state index is 0.123. The average molecular weight is 249 g/mol. The van der Waals surface area contributed by atoms with Gasteiger partial charge in [0, 0.05) is 11.9 Å². The van der Waals surface area contributed by atoms with Crippen LogP contribution in [0.5, 0.6) is 5.75 Å². The largest absolute Gasteiger partial charge is 0.495 e. The number of aliphatic hydroxyl groups excluding tert-OH is 1. The van der Waals surface area contributed by atoms with E-state index in [1.807, 2.05) is 12.1 Å². The van der Waals surface area contributed by atoms with E-state index in [1.54, 1.807) is 24.7 Å². The van der Waals surface area contributed by atoms with E-state index in [9.17, 15) is 9.90 Å². The van der Waals surface area contributed by atoms with Crippen molar-refractivity contribution in [1.29, 1.82) is 0 Å². The van der Waals surface area contributed by atoms with Crippen LogP contribution in [-0.4, -0.2) is 34.5 Å². The van der Waals surface area contributed by atoms with Crippen molar-refractivity contribution in [1.82, 2.24) is 4.57 Å². The number of hydrogen-bond donors (Lipinski definition) is 2. The van der Waals surface area contributed by atoms with Crippen molar-refractivity contribution < 1.29 is 19.7 Å². The van der Waals surface area contributed by atoms with Gasteiger partial charge in [0.05, 0.1) is 19.2 Å². The molecule has 2 N–H and O–H groups in total. The van der Waals surface area contributed by atoms with E-state index in [0.717, 1.165) is 5.39 Å². The number of aromatic nitrogens is 1. The monoisotopic (exact) mass is 249 g/mol. The number of carbonyl (C=O) groups is 1. The Morgan fingerprint density at radius 3 is 2.72 bits per heavy atom. The van der Waals surface area contributed by atoms with E-state index < -0.39 is 5.97 Å². The van der Waals surface area contributed by atoms with Gasteiger partial charge in [-0.2, -0.15) is 0 Å². The summed E-state index contributed by atoms with van der Waals surface area (Å²) in [7, 11) is 1.54. The molecular weight excluding hydrogens is 234 g/mol. The first-order valence-corrected chi connectivity index (χ1v) is 5.61. The predicted octanol–water partition coefficient (Wildman–Crippen LogP) is 1.65. The van der Waals surface area contributed by atoms with Gasteiger partial charge in [0.2, 0.25) is 0 Å². The molecule has 0 aliphatic carbocycles. The lowest BCUT2D eigenvalue weighted by Crippen LogP contribution is -2.12. The van der Waals surface area contributed by atoms with Crippen molar-refractivity contribution in [3.63, 3.8) is 0 Å². The van der Waals surface area contributed by atoms with Crippen molar-refractivity contribution in [3.05, 3.63) is 29.5 Å². The van der Waals surface area contributed by atoms with Crippen LogP contribution in [0.3, 0.4) is 0 Å². The second-order valence-electron chi connectivity index (χ2n) is 4.01. The Kier molecular flexibility index (Phi) is 3.25. The van der Waals surface area contributed by atoms with Gasteiger partial charge >= 0.3 is 5.97 Å². The number of fused-ring (bicyclic) bond motifs is 1. The van der Waals surface area contributed by atoms with Gasteiger partial charge in [0.15, 0.2) is 0 Å². The Morgan fingerprint density at radius 2 is 2.17 bits per heavy atom. The highest BCUT2D eigenvalue weighted by Crippen LogP contribution is 2.32. The lowest BCUT2D eigenvalue weighted by atomic mass is 10.1. The highest BCUT2D eigenvalue weighted by molar-refractivity contribution is 6.00. The Morgan fingerprint density at radius 1 is 1.44 bits per heavy atom. The normalized spacial score (nSPS) is 10.8. The maximum absolute atomic E-state index is 11.3. The fourth-order valence-corrected chi connectivity index (χ4v) is 2.31. The number of methoxy groups -OCH3 is 1. The van der Waals surface area contributed by atoms with Crippen molar-refractivity contribution in [2.75, 3.05) is 13.7 Å². The number of ether oxygens (including phenoxy) is 1. The van der Waals surface area contributed by atoms with Gasteiger partial charge in [-0.1, -0.05) is 12.1 Å². The third-order valence-corrected chi connectivity index (χ3v) is 3.04. The second-order valence-corrected chi connectivity index (χ2v) is 4.01. The van der Waals surface area contributed by atoms with Crippen LogP contribution in [0.15, 0.2) is 18.2 Å². The highest BCUT2D eigenvalue weighted by atomic mass is 16.5. The van der Waals surface area contributed by atoms with Gasteiger partial charge in [-0.05, 0) is 18.6 Å². The zero-order valence-electron chi connectivity index (χ0n) is 10.3. The standard InChI is InChI=1S/C13H15NO4/c1-8-9-4-3-5-10(18-2)12(9)14(6-7-15)11(8)13(16)17/h3-5,15H,6-7H2,1-2H3,(H,16,17). The lowest BCUT2D eigenvalue weighted by molar-refractivity contribution is 0.0683. The van der Waals surface area contributed by atoms with Crippen LogP contribution < -0.4 is 4.74 Å². The van der Waals surface area contributed by atoms with Crippen LogP contribution in [0, 0.1) is 6.92 Å². The Hall–Kier alpha value is -2.01. The predicted molar refractivity (Wildman–Crippen MR) is 67.3 cm³/mol. The van der Waals surface area contributed by atoms with Crippen molar-refractivity contribution in [2.24, 2.45) is 0 Å². The molecule has 5 nitrogen and oxygen atoms in total. The SMILES string of the molecule is COc1cccc2c(C)c(C(=O)O)n(CCO)c12. The lowest BCUT2D eigenvalue weighted by Gasteiger charge is -2.09. The summed E-state index contributed by atoms with van der Waals surface area (Å²) in [6.07, 6.45) is 0. The molecule has 0 aliphatic rings. The Labute approximate surface area is 104 Å². The summed E-state index contributed by atoms with van der Waals surface area (Å²) in [5.41, 5.74) is 1.59. The van der Waals surface area contributed by atoms with Crippen LogP contribution in [0.4, 0.5) is 0 Å². The molecule has 1 aromatic heterocycles. The molecule has 96 valence electrons. The van der Waals surface area contributed by atoms with Crippen LogP contribution >= 0.6 is 0 Å². The number of carboxylic acids is 1. The number of para-hydroxylation sites is 1. The summed E-state index contributed by atoms with van der Waals surface area (Å²) >= 11 is 0. The molecule has 5 heteroatoms. The molecule has 1 aromatic carbocycles. The number of aryl methyl sites for hydroxylation is 1. The first-order valence-electron chi connectivity index (χ1n) is 5.61. The first-order chi connectivity index (χ1) is 8.61. The fourth-order valence-electron chi connectivity index (χ4n) is 2.31.